The topological polar surface area (TPSA) is 74.8 Å². The SMILES string of the molecule is O=S1(=O)CCNC(c2cnc[nH]2)C1. The van der Waals surface area contributed by atoms with Crippen LogP contribution in [0, 0.1) is 0 Å². The molecule has 1 unspecified atom stereocenters. The number of hydrogen-bond acceptors (Lipinski definition) is 4. The van der Waals surface area contributed by atoms with Crippen LogP contribution in [0.1, 0.15) is 11.7 Å². The summed E-state index contributed by atoms with van der Waals surface area (Å²) in [6.45, 7) is 0.520. The number of aromatic amines is 1. The van der Waals surface area contributed by atoms with Gasteiger partial charge in [-0.2, -0.15) is 0 Å². The van der Waals surface area contributed by atoms with Crippen LogP contribution in [0.5, 0.6) is 0 Å². The van der Waals surface area contributed by atoms with Gasteiger partial charge in [0.1, 0.15) is 0 Å². The third-order valence-corrected chi connectivity index (χ3v) is 3.79. The van der Waals surface area contributed by atoms with E-state index in [9.17, 15) is 8.42 Å². The van der Waals surface area contributed by atoms with E-state index >= 15 is 0 Å². The van der Waals surface area contributed by atoms with Gasteiger partial charge in [-0.05, 0) is 0 Å². The fourth-order valence-corrected chi connectivity index (χ4v) is 2.84. The van der Waals surface area contributed by atoms with Crippen LogP contribution in [0.4, 0.5) is 0 Å². The van der Waals surface area contributed by atoms with E-state index in [1.807, 2.05) is 0 Å². The van der Waals surface area contributed by atoms with E-state index in [0.29, 0.717) is 6.54 Å². The first-order valence-corrected chi connectivity index (χ1v) is 5.91. The Morgan fingerprint density at radius 2 is 2.38 bits per heavy atom. The maximum atomic E-state index is 11.3. The molecular weight excluding hydrogens is 190 g/mol. The molecule has 1 aromatic heterocycles. The quantitative estimate of drug-likeness (QED) is 0.640. The van der Waals surface area contributed by atoms with Crippen LogP contribution in [0.3, 0.4) is 0 Å². The standard InChI is InChI=1S/C7H11N3O2S/c11-13(12)2-1-9-7(4-13)6-3-8-5-10-6/h3,5,7,9H,1-2,4H2,(H,8,10). The Bertz CT molecular complexity index is 370. The molecule has 1 aliphatic heterocycles. The van der Waals surface area contributed by atoms with Crippen LogP contribution in [0.15, 0.2) is 12.5 Å². The summed E-state index contributed by atoms with van der Waals surface area (Å²) in [5.74, 6) is 0.396. The molecule has 13 heavy (non-hydrogen) atoms. The minimum atomic E-state index is -2.87. The molecule has 5 nitrogen and oxygen atoms in total. The highest BCUT2D eigenvalue weighted by Crippen LogP contribution is 2.15. The van der Waals surface area contributed by atoms with Crippen LogP contribution in [-0.2, 0) is 9.84 Å². The number of sulfone groups is 1. The van der Waals surface area contributed by atoms with Crippen molar-refractivity contribution in [3.8, 4) is 0 Å². The number of nitrogens with one attached hydrogen (secondary N) is 2. The van der Waals surface area contributed by atoms with Crippen molar-refractivity contribution in [2.75, 3.05) is 18.1 Å². The van der Waals surface area contributed by atoms with Crippen LogP contribution in [0.2, 0.25) is 0 Å². The lowest BCUT2D eigenvalue weighted by Crippen LogP contribution is -2.39. The molecule has 0 spiro atoms. The number of nitrogens with zero attached hydrogens (tertiary/aromatic N) is 1. The van der Waals surface area contributed by atoms with Crippen molar-refractivity contribution in [2.45, 2.75) is 6.04 Å². The average Bonchev–Trinajstić information content (AvgIpc) is 2.53. The summed E-state index contributed by atoms with van der Waals surface area (Å²) in [6, 6.07) is -0.124. The fraction of sp³-hybridized carbons (Fsp3) is 0.571. The molecule has 2 rings (SSSR count). The summed E-state index contributed by atoms with van der Waals surface area (Å²) in [6.07, 6.45) is 3.21. The van der Waals surface area contributed by atoms with Gasteiger partial charge in [0.25, 0.3) is 0 Å². The molecule has 0 aliphatic carbocycles. The normalized spacial score (nSPS) is 27.2. The molecular formula is C7H11N3O2S. The Morgan fingerprint density at radius 3 is 3.00 bits per heavy atom. The lowest BCUT2D eigenvalue weighted by atomic mass is 10.2. The van der Waals surface area contributed by atoms with E-state index in [2.05, 4.69) is 15.3 Å². The molecule has 0 aromatic carbocycles. The van der Waals surface area contributed by atoms with Gasteiger partial charge in [0, 0.05) is 12.7 Å². The zero-order chi connectivity index (χ0) is 9.31. The van der Waals surface area contributed by atoms with Crippen molar-refractivity contribution in [1.82, 2.24) is 15.3 Å². The zero-order valence-electron chi connectivity index (χ0n) is 7.03. The van der Waals surface area contributed by atoms with Crippen LogP contribution in [-0.4, -0.2) is 36.4 Å². The highest BCUT2D eigenvalue weighted by Gasteiger charge is 2.25. The van der Waals surface area contributed by atoms with Crippen LogP contribution >= 0.6 is 0 Å². The van der Waals surface area contributed by atoms with Crippen molar-refractivity contribution in [2.24, 2.45) is 0 Å². The lowest BCUT2D eigenvalue weighted by molar-refractivity contribution is 0.525. The second-order valence-corrected chi connectivity index (χ2v) is 5.36. The van der Waals surface area contributed by atoms with Gasteiger partial charge >= 0.3 is 0 Å². The summed E-state index contributed by atoms with van der Waals surface area (Å²) in [4.78, 5) is 6.76. The number of imidazole rings is 1. The Balaban J connectivity index is 2.18. The number of H-pyrrole nitrogens is 1. The minimum Gasteiger partial charge on any atom is -0.347 e. The molecule has 0 radical (unpaired) electrons. The van der Waals surface area contributed by atoms with Crippen molar-refractivity contribution in [3.05, 3.63) is 18.2 Å². The Morgan fingerprint density at radius 1 is 1.54 bits per heavy atom. The minimum absolute atomic E-state index is 0.124. The summed E-state index contributed by atoms with van der Waals surface area (Å²) in [5.41, 5.74) is 0.836. The van der Waals surface area contributed by atoms with E-state index in [1.165, 1.54) is 0 Å². The lowest BCUT2D eigenvalue weighted by Gasteiger charge is -2.22. The highest BCUT2D eigenvalue weighted by molar-refractivity contribution is 7.91. The molecule has 72 valence electrons. The maximum Gasteiger partial charge on any atom is 0.153 e. The van der Waals surface area contributed by atoms with Gasteiger partial charge in [-0.3, -0.25) is 0 Å². The van der Waals surface area contributed by atoms with Crippen molar-refractivity contribution < 1.29 is 8.42 Å². The molecule has 1 fully saturated rings. The molecule has 1 aliphatic rings. The molecule has 2 heterocycles. The summed E-state index contributed by atoms with van der Waals surface area (Å²) in [5, 5.41) is 3.13. The fourth-order valence-electron chi connectivity index (χ4n) is 1.44. The van der Waals surface area contributed by atoms with Gasteiger partial charge in [-0.1, -0.05) is 0 Å². The Kier molecular flexibility index (Phi) is 2.09. The van der Waals surface area contributed by atoms with E-state index in [4.69, 9.17) is 0 Å². The summed E-state index contributed by atoms with van der Waals surface area (Å²) >= 11 is 0. The molecule has 0 saturated carbocycles. The maximum absolute atomic E-state index is 11.3. The predicted octanol–water partition coefficient (Wildman–Crippen LogP) is -0.531. The van der Waals surface area contributed by atoms with Gasteiger partial charge in [0.05, 0.1) is 29.6 Å². The van der Waals surface area contributed by atoms with E-state index in [-0.39, 0.29) is 17.5 Å². The second-order valence-electron chi connectivity index (χ2n) is 3.13. The largest absolute Gasteiger partial charge is 0.347 e. The van der Waals surface area contributed by atoms with Gasteiger partial charge in [-0.25, -0.2) is 13.4 Å². The molecule has 0 bridgehead atoms. The molecule has 0 amide bonds. The van der Waals surface area contributed by atoms with Gasteiger partial charge in [0.2, 0.25) is 0 Å². The van der Waals surface area contributed by atoms with Crippen LogP contribution < -0.4 is 5.32 Å². The average molecular weight is 201 g/mol. The second kappa shape index (κ2) is 3.12. The summed E-state index contributed by atoms with van der Waals surface area (Å²) < 4.78 is 22.6. The van der Waals surface area contributed by atoms with Gasteiger partial charge in [-0.15, -0.1) is 0 Å². The van der Waals surface area contributed by atoms with E-state index in [0.717, 1.165) is 5.69 Å². The van der Waals surface area contributed by atoms with Crippen molar-refractivity contribution in [1.29, 1.82) is 0 Å². The first-order chi connectivity index (χ1) is 6.17. The smallest absolute Gasteiger partial charge is 0.153 e. The summed E-state index contributed by atoms with van der Waals surface area (Å²) in [7, 11) is -2.87. The van der Waals surface area contributed by atoms with Crippen molar-refractivity contribution in [3.63, 3.8) is 0 Å². The Hall–Kier alpha value is -0.880. The number of aromatic nitrogens is 2. The Labute approximate surface area is 76.5 Å². The molecule has 1 atom stereocenters. The molecule has 6 heteroatoms. The number of rotatable bonds is 1. The molecule has 1 saturated heterocycles. The highest BCUT2D eigenvalue weighted by atomic mass is 32.2. The van der Waals surface area contributed by atoms with Crippen LogP contribution in [0.25, 0.3) is 0 Å². The van der Waals surface area contributed by atoms with Gasteiger partial charge < -0.3 is 10.3 Å². The zero-order valence-corrected chi connectivity index (χ0v) is 7.84. The van der Waals surface area contributed by atoms with E-state index < -0.39 is 9.84 Å². The monoisotopic (exact) mass is 201 g/mol. The molecule has 2 N–H and O–H groups in total. The molecule has 1 aromatic rings. The first kappa shape index (κ1) is 8.71. The van der Waals surface area contributed by atoms with Gasteiger partial charge in [0.15, 0.2) is 9.84 Å². The third-order valence-electron chi connectivity index (χ3n) is 2.12. The predicted molar refractivity (Wildman–Crippen MR) is 48.0 cm³/mol. The number of hydrogen-bond donors (Lipinski definition) is 2. The van der Waals surface area contributed by atoms with Crippen molar-refractivity contribution >= 4 is 9.84 Å². The third kappa shape index (κ3) is 1.89. The van der Waals surface area contributed by atoms with E-state index in [1.54, 1.807) is 12.5 Å². The first-order valence-electron chi connectivity index (χ1n) is 4.09.